The molecule has 0 N–H and O–H groups in total. The molecule has 2 aliphatic rings. The van der Waals surface area contributed by atoms with E-state index in [1.165, 1.54) is 12.0 Å². The zero-order chi connectivity index (χ0) is 16.4. The first-order chi connectivity index (χ1) is 11.8. The van der Waals surface area contributed by atoms with Crippen molar-refractivity contribution in [3.8, 4) is 0 Å². The number of rotatable bonds is 4. The average molecular weight is 344 g/mol. The molecule has 24 heavy (non-hydrogen) atoms. The minimum absolute atomic E-state index is 0.679. The van der Waals surface area contributed by atoms with Crippen LogP contribution in [-0.2, 0) is 17.8 Å². The molecular weight excluding hydrogens is 320 g/mol. The number of thiazole rings is 1. The van der Waals surface area contributed by atoms with Crippen molar-refractivity contribution in [2.24, 2.45) is 5.92 Å². The molecule has 5 nitrogen and oxygen atoms in total. The number of fused-ring (bicyclic) bond motifs is 1. The molecule has 0 aliphatic carbocycles. The number of pyridine rings is 1. The van der Waals surface area contributed by atoms with Gasteiger partial charge in [-0.25, -0.2) is 9.97 Å². The van der Waals surface area contributed by atoms with Crippen molar-refractivity contribution in [3.63, 3.8) is 0 Å². The second-order valence-corrected chi connectivity index (χ2v) is 7.79. The Labute approximate surface area is 147 Å². The van der Waals surface area contributed by atoms with E-state index in [1.807, 2.05) is 12.3 Å². The average Bonchev–Trinajstić information content (AvgIpc) is 3.19. The number of aryl methyl sites for hydroxylation is 1. The molecule has 2 aromatic heterocycles. The molecule has 0 saturated carbocycles. The fourth-order valence-corrected chi connectivity index (χ4v) is 4.21. The van der Waals surface area contributed by atoms with Crippen molar-refractivity contribution in [2.45, 2.75) is 26.4 Å². The summed E-state index contributed by atoms with van der Waals surface area (Å²) in [5.41, 5.74) is 2.47. The van der Waals surface area contributed by atoms with E-state index in [0.29, 0.717) is 5.92 Å². The van der Waals surface area contributed by atoms with Crippen LogP contribution in [0.5, 0.6) is 0 Å². The van der Waals surface area contributed by atoms with Gasteiger partial charge in [0.2, 0.25) is 0 Å². The first kappa shape index (κ1) is 16.0. The minimum atomic E-state index is 0.679. The van der Waals surface area contributed by atoms with Crippen LogP contribution in [0.2, 0.25) is 0 Å². The van der Waals surface area contributed by atoms with Crippen LogP contribution < -0.4 is 4.90 Å². The molecule has 0 unspecified atom stereocenters. The molecule has 2 aromatic rings. The van der Waals surface area contributed by atoms with Crippen LogP contribution in [0.1, 0.15) is 22.7 Å². The molecule has 128 valence electrons. The van der Waals surface area contributed by atoms with Gasteiger partial charge in [-0.1, -0.05) is 6.07 Å². The Morgan fingerprint density at radius 1 is 1.38 bits per heavy atom. The highest BCUT2D eigenvalue weighted by Gasteiger charge is 2.24. The van der Waals surface area contributed by atoms with E-state index in [9.17, 15) is 0 Å². The molecule has 4 rings (SSSR count). The normalized spacial score (nSPS) is 21.7. The molecule has 0 radical (unpaired) electrons. The molecule has 1 atom stereocenters. The van der Waals surface area contributed by atoms with Gasteiger partial charge < -0.3 is 9.64 Å². The van der Waals surface area contributed by atoms with Gasteiger partial charge in [0.1, 0.15) is 5.82 Å². The van der Waals surface area contributed by atoms with Crippen molar-refractivity contribution in [2.75, 3.05) is 37.7 Å². The Morgan fingerprint density at radius 2 is 2.33 bits per heavy atom. The molecule has 0 amide bonds. The number of aromatic nitrogens is 2. The second kappa shape index (κ2) is 7.17. The quantitative estimate of drug-likeness (QED) is 0.853. The lowest BCUT2D eigenvalue weighted by molar-refractivity contribution is 0.166. The van der Waals surface area contributed by atoms with Gasteiger partial charge in [-0.05, 0) is 25.3 Å². The SMILES string of the molecule is Cc1nc(CN2CCN(C[C@@H]3CCOC3)Cc3cccnc32)cs1. The highest BCUT2D eigenvalue weighted by atomic mass is 32.1. The predicted molar refractivity (Wildman–Crippen MR) is 96.3 cm³/mol. The third-order valence-corrected chi connectivity index (χ3v) is 5.63. The lowest BCUT2D eigenvalue weighted by Gasteiger charge is -2.24. The van der Waals surface area contributed by atoms with Crippen LogP contribution in [0, 0.1) is 12.8 Å². The molecule has 0 bridgehead atoms. The number of nitrogens with zero attached hydrogens (tertiary/aromatic N) is 4. The molecular formula is C18H24N4OS. The minimum Gasteiger partial charge on any atom is -0.381 e. The van der Waals surface area contributed by atoms with Crippen molar-refractivity contribution in [1.29, 1.82) is 0 Å². The summed E-state index contributed by atoms with van der Waals surface area (Å²) in [5, 5.41) is 3.29. The summed E-state index contributed by atoms with van der Waals surface area (Å²) in [5.74, 6) is 1.80. The first-order valence-electron chi connectivity index (χ1n) is 8.68. The van der Waals surface area contributed by atoms with Crippen LogP contribution in [0.3, 0.4) is 0 Å². The Hall–Kier alpha value is -1.50. The molecule has 0 aromatic carbocycles. The summed E-state index contributed by atoms with van der Waals surface area (Å²) in [6.45, 7) is 8.90. The number of hydrogen-bond donors (Lipinski definition) is 0. The lowest BCUT2D eigenvalue weighted by Crippen LogP contribution is -2.34. The Balaban J connectivity index is 1.51. The highest BCUT2D eigenvalue weighted by Crippen LogP contribution is 2.26. The summed E-state index contributed by atoms with van der Waals surface area (Å²) in [7, 11) is 0. The van der Waals surface area contributed by atoms with Gasteiger partial charge in [0, 0.05) is 49.9 Å². The van der Waals surface area contributed by atoms with Crippen LogP contribution in [0.25, 0.3) is 0 Å². The zero-order valence-corrected chi connectivity index (χ0v) is 15.0. The van der Waals surface area contributed by atoms with E-state index in [-0.39, 0.29) is 0 Å². The largest absolute Gasteiger partial charge is 0.381 e. The third kappa shape index (κ3) is 3.61. The van der Waals surface area contributed by atoms with Crippen molar-refractivity contribution >= 4 is 17.2 Å². The molecule has 0 spiro atoms. The molecule has 4 heterocycles. The summed E-state index contributed by atoms with van der Waals surface area (Å²) in [6.07, 6.45) is 3.09. The van der Waals surface area contributed by atoms with Gasteiger partial charge in [-0.3, -0.25) is 4.90 Å². The van der Waals surface area contributed by atoms with E-state index in [2.05, 4.69) is 38.1 Å². The van der Waals surface area contributed by atoms with Gasteiger partial charge in [-0.15, -0.1) is 11.3 Å². The first-order valence-corrected chi connectivity index (χ1v) is 9.56. The summed E-state index contributed by atoms with van der Waals surface area (Å²) in [4.78, 5) is 14.3. The maximum absolute atomic E-state index is 5.55. The van der Waals surface area contributed by atoms with Crippen molar-refractivity contribution in [3.05, 3.63) is 40.0 Å². The van der Waals surface area contributed by atoms with Gasteiger partial charge in [-0.2, -0.15) is 0 Å². The monoisotopic (exact) mass is 344 g/mol. The summed E-state index contributed by atoms with van der Waals surface area (Å²) in [6, 6.07) is 4.26. The van der Waals surface area contributed by atoms with Crippen molar-refractivity contribution in [1.82, 2.24) is 14.9 Å². The van der Waals surface area contributed by atoms with Crippen molar-refractivity contribution < 1.29 is 4.74 Å². The second-order valence-electron chi connectivity index (χ2n) is 6.73. The van der Waals surface area contributed by atoms with E-state index < -0.39 is 0 Å². The lowest BCUT2D eigenvalue weighted by atomic mass is 10.1. The standard InChI is InChI=1S/C18H24N4OS/c1-14-20-17(13-24-14)11-22-7-6-21(9-15-4-8-23-12-15)10-16-3-2-5-19-18(16)22/h2-3,5,13,15H,4,6-12H2,1H3/t15-/m0/s1. The van der Waals surface area contributed by atoms with E-state index in [1.54, 1.807) is 11.3 Å². The topological polar surface area (TPSA) is 41.5 Å². The predicted octanol–water partition coefficient (Wildman–Crippen LogP) is 2.71. The number of hydrogen-bond acceptors (Lipinski definition) is 6. The molecule has 1 saturated heterocycles. The Morgan fingerprint density at radius 3 is 3.12 bits per heavy atom. The summed E-state index contributed by atoms with van der Waals surface area (Å²) >= 11 is 1.72. The van der Waals surface area contributed by atoms with Crippen LogP contribution in [0.15, 0.2) is 23.7 Å². The maximum Gasteiger partial charge on any atom is 0.133 e. The fraction of sp³-hybridized carbons (Fsp3) is 0.556. The summed E-state index contributed by atoms with van der Waals surface area (Å²) < 4.78 is 5.55. The Bertz CT molecular complexity index is 683. The molecule has 2 aliphatic heterocycles. The van der Waals surface area contributed by atoms with Gasteiger partial charge in [0.15, 0.2) is 0 Å². The van der Waals surface area contributed by atoms with Gasteiger partial charge in [0.05, 0.1) is 23.9 Å². The van der Waals surface area contributed by atoms with E-state index in [0.717, 1.165) is 62.5 Å². The number of ether oxygens (including phenoxy) is 1. The Kier molecular flexibility index (Phi) is 4.78. The van der Waals surface area contributed by atoms with E-state index in [4.69, 9.17) is 4.74 Å². The molecule has 6 heteroatoms. The number of anilines is 1. The molecule has 1 fully saturated rings. The third-order valence-electron chi connectivity index (χ3n) is 4.81. The fourth-order valence-electron chi connectivity index (χ4n) is 3.61. The maximum atomic E-state index is 5.55. The highest BCUT2D eigenvalue weighted by molar-refractivity contribution is 7.09. The zero-order valence-electron chi connectivity index (χ0n) is 14.1. The van der Waals surface area contributed by atoms with E-state index >= 15 is 0 Å². The van der Waals surface area contributed by atoms with Crippen LogP contribution >= 0.6 is 11.3 Å². The van der Waals surface area contributed by atoms with Gasteiger partial charge in [0.25, 0.3) is 0 Å². The van der Waals surface area contributed by atoms with Crippen LogP contribution in [-0.4, -0.2) is 47.7 Å². The van der Waals surface area contributed by atoms with Crippen LogP contribution in [0.4, 0.5) is 5.82 Å². The smallest absolute Gasteiger partial charge is 0.133 e. The van der Waals surface area contributed by atoms with Gasteiger partial charge >= 0.3 is 0 Å².